The van der Waals surface area contributed by atoms with E-state index in [1.165, 1.54) is 0 Å². The quantitative estimate of drug-likeness (QED) is 0.321. The molecule has 0 saturated carbocycles. The van der Waals surface area contributed by atoms with E-state index in [1.54, 1.807) is 53.6 Å². The number of amides is 2. The van der Waals surface area contributed by atoms with Crippen LogP contribution in [0.2, 0.25) is 5.02 Å². The van der Waals surface area contributed by atoms with Gasteiger partial charge in [0.15, 0.2) is 0 Å². The number of nitrogens with one attached hydrogen (secondary N) is 2. The molecule has 1 unspecified atom stereocenters. The van der Waals surface area contributed by atoms with Crippen LogP contribution in [0.5, 0.6) is 0 Å². The number of sulfonamides is 1. The molecule has 1 aromatic heterocycles. The van der Waals surface area contributed by atoms with Gasteiger partial charge in [0.2, 0.25) is 15.9 Å². The number of carbonyl (C=O) groups is 2. The maximum atomic E-state index is 13.8. The van der Waals surface area contributed by atoms with Crippen molar-refractivity contribution in [1.82, 2.24) is 15.2 Å². The van der Waals surface area contributed by atoms with E-state index in [0.717, 1.165) is 28.4 Å². The van der Waals surface area contributed by atoms with Gasteiger partial charge in [-0.2, -0.15) is 0 Å². The fraction of sp³-hybridized carbons (Fsp3) is 0.233. The van der Waals surface area contributed by atoms with E-state index in [0.29, 0.717) is 48.9 Å². The van der Waals surface area contributed by atoms with Crippen LogP contribution in [0.3, 0.4) is 0 Å². The lowest BCUT2D eigenvalue weighted by Gasteiger charge is -2.38. The second-order valence-corrected chi connectivity index (χ2v) is 12.2. The lowest BCUT2D eigenvalue weighted by Crippen LogP contribution is -2.55. The summed E-state index contributed by atoms with van der Waals surface area (Å²) < 4.78 is 26.3. The van der Waals surface area contributed by atoms with Crippen molar-refractivity contribution in [1.29, 1.82) is 0 Å². The number of aromatic nitrogens is 1. The van der Waals surface area contributed by atoms with Crippen LogP contribution in [0.4, 0.5) is 11.4 Å². The average Bonchev–Trinajstić information content (AvgIpc) is 2.97. The molecule has 5 rings (SSSR count). The standard InChI is InChI=1S/C30H30ClN5O4S/c1-41(39,40)34-26-6-2-3-7-28(26)35-15-17-36(18-16-35)30(38)27(19-21-8-11-24(31)12-9-21)33-29(37)23-10-13-25-22(20-23)5-4-14-32-25/h2-14,20,27,34H,15-19H2,1H3,(H,33,37). The Hall–Kier alpha value is -4.15. The Morgan fingerprint density at radius 1 is 0.951 bits per heavy atom. The van der Waals surface area contributed by atoms with Crippen LogP contribution in [0.15, 0.2) is 85.1 Å². The first-order valence-corrected chi connectivity index (χ1v) is 15.4. The molecule has 2 N–H and O–H groups in total. The average molecular weight is 592 g/mol. The number of hydrogen-bond acceptors (Lipinski definition) is 6. The van der Waals surface area contributed by atoms with Crippen molar-refractivity contribution < 1.29 is 18.0 Å². The van der Waals surface area contributed by atoms with Gasteiger partial charge in [-0.3, -0.25) is 19.3 Å². The molecule has 2 heterocycles. The van der Waals surface area contributed by atoms with E-state index in [9.17, 15) is 18.0 Å². The number of halogens is 1. The fourth-order valence-corrected chi connectivity index (χ4v) is 5.64. The third kappa shape index (κ3) is 7.14. The predicted molar refractivity (Wildman–Crippen MR) is 162 cm³/mol. The normalized spacial score (nSPS) is 14.5. The van der Waals surface area contributed by atoms with E-state index < -0.39 is 16.1 Å². The molecule has 0 spiro atoms. The van der Waals surface area contributed by atoms with Crippen LogP contribution in [0, 0.1) is 0 Å². The van der Waals surface area contributed by atoms with Gasteiger partial charge in [-0.05, 0) is 54.1 Å². The number of piperazine rings is 1. The highest BCUT2D eigenvalue weighted by Gasteiger charge is 2.30. The lowest BCUT2D eigenvalue weighted by molar-refractivity contribution is -0.133. The number of anilines is 2. The van der Waals surface area contributed by atoms with Crippen LogP contribution in [-0.2, 0) is 21.2 Å². The molecule has 4 aromatic rings. The zero-order valence-corrected chi connectivity index (χ0v) is 24.0. The van der Waals surface area contributed by atoms with Gasteiger partial charge in [-0.15, -0.1) is 0 Å². The summed E-state index contributed by atoms with van der Waals surface area (Å²) in [6.07, 6.45) is 3.12. The Morgan fingerprint density at radius 2 is 1.68 bits per heavy atom. The summed E-state index contributed by atoms with van der Waals surface area (Å²) in [5.74, 6) is -0.527. The first kappa shape index (κ1) is 28.4. The second-order valence-electron chi connectivity index (χ2n) is 9.97. The molecule has 1 aliphatic heterocycles. The molecule has 1 saturated heterocycles. The maximum absolute atomic E-state index is 13.8. The van der Waals surface area contributed by atoms with Gasteiger partial charge in [0.25, 0.3) is 5.91 Å². The molecule has 0 bridgehead atoms. The topological polar surface area (TPSA) is 112 Å². The Kier molecular flexibility index (Phi) is 8.41. The fourth-order valence-electron chi connectivity index (χ4n) is 4.94. The number of fused-ring (bicyclic) bond motifs is 1. The van der Waals surface area contributed by atoms with Gasteiger partial charge >= 0.3 is 0 Å². The molecule has 3 aromatic carbocycles. The third-order valence-electron chi connectivity index (χ3n) is 6.95. The van der Waals surface area contributed by atoms with Crippen molar-refractivity contribution >= 4 is 55.7 Å². The minimum atomic E-state index is -3.45. The van der Waals surface area contributed by atoms with Crippen molar-refractivity contribution in [3.05, 3.63) is 101 Å². The van der Waals surface area contributed by atoms with Crippen molar-refractivity contribution in [2.24, 2.45) is 0 Å². The first-order chi connectivity index (χ1) is 19.7. The summed E-state index contributed by atoms with van der Waals surface area (Å²) in [5, 5.41) is 4.39. The van der Waals surface area contributed by atoms with Crippen molar-refractivity contribution in [2.75, 3.05) is 42.1 Å². The summed E-state index contributed by atoms with van der Waals surface area (Å²) in [4.78, 5) is 35.2. The highest BCUT2D eigenvalue weighted by atomic mass is 35.5. The molecule has 9 nitrogen and oxygen atoms in total. The number of para-hydroxylation sites is 2. The molecule has 0 radical (unpaired) electrons. The molecule has 41 heavy (non-hydrogen) atoms. The van der Waals surface area contributed by atoms with Crippen molar-refractivity contribution in [3.63, 3.8) is 0 Å². The monoisotopic (exact) mass is 591 g/mol. The smallest absolute Gasteiger partial charge is 0.251 e. The van der Waals surface area contributed by atoms with Gasteiger partial charge in [-0.25, -0.2) is 8.42 Å². The Morgan fingerprint density at radius 3 is 2.41 bits per heavy atom. The van der Waals surface area contributed by atoms with Crippen molar-refractivity contribution in [3.8, 4) is 0 Å². The van der Waals surface area contributed by atoms with E-state index >= 15 is 0 Å². The van der Waals surface area contributed by atoms with Crippen LogP contribution >= 0.6 is 11.6 Å². The van der Waals surface area contributed by atoms with E-state index in [1.807, 2.05) is 41.3 Å². The van der Waals surface area contributed by atoms with Gasteiger partial charge < -0.3 is 15.1 Å². The van der Waals surface area contributed by atoms with E-state index in [2.05, 4.69) is 15.0 Å². The second kappa shape index (κ2) is 12.2. The number of carbonyl (C=O) groups excluding carboxylic acids is 2. The zero-order valence-electron chi connectivity index (χ0n) is 22.5. The number of nitrogens with zero attached hydrogens (tertiary/aromatic N) is 3. The number of pyridine rings is 1. The minimum absolute atomic E-state index is 0.182. The zero-order chi connectivity index (χ0) is 29.0. The minimum Gasteiger partial charge on any atom is -0.366 e. The Bertz CT molecular complexity index is 1670. The summed E-state index contributed by atoms with van der Waals surface area (Å²) in [5.41, 5.74) is 3.34. The molecule has 11 heteroatoms. The molecule has 0 aliphatic carbocycles. The number of benzene rings is 3. The van der Waals surface area contributed by atoms with Gasteiger partial charge in [0.05, 0.1) is 23.1 Å². The maximum Gasteiger partial charge on any atom is 0.251 e. The summed E-state index contributed by atoms with van der Waals surface area (Å²) in [7, 11) is -3.45. The molecule has 2 amide bonds. The van der Waals surface area contributed by atoms with Crippen molar-refractivity contribution in [2.45, 2.75) is 12.5 Å². The molecular formula is C30H30ClN5O4S. The Balaban J connectivity index is 1.32. The van der Waals surface area contributed by atoms with Crippen LogP contribution in [0.1, 0.15) is 15.9 Å². The van der Waals surface area contributed by atoms with E-state index in [4.69, 9.17) is 11.6 Å². The van der Waals surface area contributed by atoms with Gasteiger partial charge in [0, 0.05) is 54.8 Å². The molecule has 1 aliphatic rings. The highest BCUT2D eigenvalue weighted by Crippen LogP contribution is 2.27. The van der Waals surface area contributed by atoms with E-state index in [-0.39, 0.29) is 11.8 Å². The SMILES string of the molecule is CS(=O)(=O)Nc1ccccc1N1CCN(C(=O)C(Cc2ccc(Cl)cc2)NC(=O)c2ccc3ncccc3c2)CC1. The van der Waals surface area contributed by atoms with Crippen LogP contribution in [-0.4, -0.2) is 68.6 Å². The number of rotatable bonds is 8. The Labute approximate surface area is 244 Å². The van der Waals surface area contributed by atoms with Crippen LogP contribution < -0.4 is 14.9 Å². The molecule has 1 atom stereocenters. The molecule has 1 fully saturated rings. The van der Waals surface area contributed by atoms with Gasteiger partial charge in [-0.1, -0.05) is 41.9 Å². The molecular weight excluding hydrogens is 562 g/mol. The lowest BCUT2D eigenvalue weighted by atomic mass is 10.0. The van der Waals surface area contributed by atoms with Gasteiger partial charge in [0.1, 0.15) is 6.04 Å². The predicted octanol–water partition coefficient (Wildman–Crippen LogP) is 3.95. The summed E-state index contributed by atoms with van der Waals surface area (Å²) >= 11 is 6.06. The number of hydrogen-bond donors (Lipinski definition) is 2. The summed E-state index contributed by atoms with van der Waals surface area (Å²) in [6.45, 7) is 1.85. The summed E-state index contributed by atoms with van der Waals surface area (Å²) in [6, 6.07) is 22.6. The highest BCUT2D eigenvalue weighted by molar-refractivity contribution is 7.92. The van der Waals surface area contributed by atoms with Crippen LogP contribution in [0.25, 0.3) is 10.9 Å². The first-order valence-electron chi connectivity index (χ1n) is 13.2. The molecule has 212 valence electrons. The largest absolute Gasteiger partial charge is 0.366 e. The third-order valence-corrected chi connectivity index (χ3v) is 7.80.